The van der Waals surface area contributed by atoms with E-state index >= 15 is 0 Å². The Hall–Kier alpha value is -2.27. The van der Waals surface area contributed by atoms with Gasteiger partial charge in [-0.3, -0.25) is 4.79 Å². The molecule has 0 bridgehead atoms. The van der Waals surface area contributed by atoms with Crippen LogP contribution in [0.5, 0.6) is 0 Å². The lowest BCUT2D eigenvalue weighted by atomic mass is 10.1. The van der Waals surface area contributed by atoms with Gasteiger partial charge < -0.3 is 11.5 Å². The molecule has 1 heterocycles. The summed E-state index contributed by atoms with van der Waals surface area (Å²) in [6, 6.07) is 7.76. The number of nitrogens with two attached hydrogens (primary N) is 2. The van der Waals surface area contributed by atoms with Crippen LogP contribution >= 0.6 is 0 Å². The fraction of sp³-hybridized carbons (Fsp3) is 0.154. The molecular weight excluding hydrogens is 228 g/mol. The molecule has 1 aromatic heterocycles. The molecule has 5 nitrogen and oxygen atoms in total. The van der Waals surface area contributed by atoms with Crippen LogP contribution in [0.1, 0.15) is 23.6 Å². The Labute approximate surface area is 106 Å². The topological polar surface area (TPSA) is 94.9 Å². The third-order valence-corrected chi connectivity index (χ3v) is 2.37. The zero-order valence-electron chi connectivity index (χ0n) is 9.13. The SMILES string of the molecule is C.NCc1cccc(-c2cnc(C(N)=O)nc2)c1. The summed E-state index contributed by atoms with van der Waals surface area (Å²) in [5.74, 6) is -0.615. The molecule has 0 saturated carbocycles. The van der Waals surface area contributed by atoms with E-state index in [2.05, 4.69) is 9.97 Å². The molecule has 0 unspecified atom stereocenters. The average molecular weight is 244 g/mol. The zero-order chi connectivity index (χ0) is 12.3. The molecule has 2 aromatic rings. The maximum absolute atomic E-state index is 10.8. The van der Waals surface area contributed by atoms with Crippen molar-refractivity contribution >= 4 is 5.91 Å². The van der Waals surface area contributed by atoms with Gasteiger partial charge in [0.1, 0.15) is 0 Å². The summed E-state index contributed by atoms with van der Waals surface area (Å²) < 4.78 is 0. The van der Waals surface area contributed by atoms with Crippen LogP contribution in [-0.4, -0.2) is 15.9 Å². The molecule has 0 aliphatic carbocycles. The van der Waals surface area contributed by atoms with Gasteiger partial charge in [-0.1, -0.05) is 25.6 Å². The number of benzene rings is 1. The van der Waals surface area contributed by atoms with Crippen LogP contribution in [0, 0.1) is 0 Å². The normalized spacial score (nSPS) is 9.61. The molecule has 1 aromatic carbocycles. The van der Waals surface area contributed by atoms with Crippen LogP contribution in [0.2, 0.25) is 0 Å². The van der Waals surface area contributed by atoms with Crippen LogP contribution < -0.4 is 11.5 Å². The summed E-state index contributed by atoms with van der Waals surface area (Å²) >= 11 is 0. The van der Waals surface area contributed by atoms with Crippen molar-refractivity contribution < 1.29 is 4.79 Å². The summed E-state index contributed by atoms with van der Waals surface area (Å²) in [6.07, 6.45) is 3.14. The number of aromatic nitrogens is 2. The predicted molar refractivity (Wildman–Crippen MR) is 70.6 cm³/mol. The number of hydrogen-bond donors (Lipinski definition) is 2. The molecule has 0 spiro atoms. The van der Waals surface area contributed by atoms with Crippen LogP contribution in [0.4, 0.5) is 0 Å². The van der Waals surface area contributed by atoms with Gasteiger partial charge in [-0.25, -0.2) is 9.97 Å². The predicted octanol–water partition coefficient (Wildman–Crippen LogP) is 1.34. The minimum Gasteiger partial charge on any atom is -0.363 e. The van der Waals surface area contributed by atoms with Crippen molar-refractivity contribution in [3.63, 3.8) is 0 Å². The first-order valence-electron chi connectivity index (χ1n) is 5.12. The van der Waals surface area contributed by atoms with Crippen LogP contribution in [0.15, 0.2) is 36.7 Å². The molecule has 0 fully saturated rings. The van der Waals surface area contributed by atoms with Gasteiger partial charge in [-0.15, -0.1) is 0 Å². The number of nitrogens with zero attached hydrogens (tertiary/aromatic N) is 2. The van der Waals surface area contributed by atoms with Crippen molar-refractivity contribution in [3.05, 3.63) is 48.0 Å². The minimum absolute atomic E-state index is 0. The van der Waals surface area contributed by atoms with Crippen molar-refractivity contribution in [1.29, 1.82) is 0 Å². The molecule has 2 rings (SSSR count). The first-order chi connectivity index (χ1) is 8.20. The number of amides is 1. The smallest absolute Gasteiger partial charge is 0.286 e. The highest BCUT2D eigenvalue weighted by molar-refractivity contribution is 5.88. The second-order valence-electron chi connectivity index (χ2n) is 3.56. The highest BCUT2D eigenvalue weighted by atomic mass is 16.1. The number of primary amides is 1. The molecule has 4 N–H and O–H groups in total. The zero-order valence-corrected chi connectivity index (χ0v) is 9.13. The van der Waals surface area contributed by atoms with Gasteiger partial charge in [-0.2, -0.15) is 0 Å². The number of carbonyl (C=O) groups excluding carboxylic acids is 1. The Morgan fingerprint density at radius 1 is 1.17 bits per heavy atom. The molecule has 0 saturated heterocycles. The maximum atomic E-state index is 10.8. The Morgan fingerprint density at radius 2 is 1.83 bits per heavy atom. The Kier molecular flexibility index (Phi) is 4.51. The fourth-order valence-electron chi connectivity index (χ4n) is 1.48. The molecule has 1 amide bonds. The average Bonchev–Trinajstić information content (AvgIpc) is 2.39. The molecule has 0 aliphatic heterocycles. The highest BCUT2D eigenvalue weighted by Gasteiger charge is 2.04. The van der Waals surface area contributed by atoms with Gasteiger partial charge in [0.15, 0.2) is 0 Å². The summed E-state index contributed by atoms with van der Waals surface area (Å²) in [4.78, 5) is 18.6. The van der Waals surface area contributed by atoms with Crippen LogP contribution in [-0.2, 0) is 6.54 Å². The van der Waals surface area contributed by atoms with Gasteiger partial charge in [-0.05, 0) is 17.2 Å². The van der Waals surface area contributed by atoms with Crippen molar-refractivity contribution in [2.75, 3.05) is 0 Å². The van der Waals surface area contributed by atoms with E-state index in [1.54, 1.807) is 12.4 Å². The van der Waals surface area contributed by atoms with E-state index in [0.717, 1.165) is 16.7 Å². The number of hydrogen-bond acceptors (Lipinski definition) is 4. The first kappa shape index (κ1) is 13.8. The van der Waals surface area contributed by atoms with Gasteiger partial charge in [0.25, 0.3) is 5.91 Å². The second-order valence-corrected chi connectivity index (χ2v) is 3.56. The van der Waals surface area contributed by atoms with Crippen molar-refractivity contribution in [2.45, 2.75) is 14.0 Å². The molecule has 0 aliphatic rings. The van der Waals surface area contributed by atoms with E-state index in [-0.39, 0.29) is 13.3 Å². The molecule has 0 radical (unpaired) electrons. The van der Waals surface area contributed by atoms with Crippen molar-refractivity contribution in [2.24, 2.45) is 11.5 Å². The largest absolute Gasteiger partial charge is 0.363 e. The Bertz CT molecular complexity index is 537. The summed E-state index contributed by atoms with van der Waals surface area (Å²) in [5.41, 5.74) is 13.5. The second kappa shape index (κ2) is 5.88. The van der Waals surface area contributed by atoms with Gasteiger partial charge in [0.2, 0.25) is 5.82 Å². The highest BCUT2D eigenvalue weighted by Crippen LogP contribution is 2.18. The fourth-order valence-corrected chi connectivity index (χ4v) is 1.48. The standard InChI is InChI=1S/C12H12N4O.CH4/c13-5-8-2-1-3-9(4-8)10-6-15-12(11(14)17)16-7-10;/h1-4,6-7H,5,13H2,(H2,14,17);1H4. The lowest BCUT2D eigenvalue weighted by molar-refractivity contribution is 0.0990. The number of rotatable bonds is 3. The summed E-state index contributed by atoms with van der Waals surface area (Å²) in [6.45, 7) is 0.480. The summed E-state index contributed by atoms with van der Waals surface area (Å²) in [7, 11) is 0. The summed E-state index contributed by atoms with van der Waals surface area (Å²) in [5, 5.41) is 0. The third-order valence-electron chi connectivity index (χ3n) is 2.37. The van der Waals surface area contributed by atoms with E-state index in [0.29, 0.717) is 6.54 Å². The maximum Gasteiger partial charge on any atom is 0.286 e. The van der Waals surface area contributed by atoms with Crippen LogP contribution in [0.25, 0.3) is 11.1 Å². The van der Waals surface area contributed by atoms with E-state index < -0.39 is 5.91 Å². The quantitative estimate of drug-likeness (QED) is 0.851. The minimum atomic E-state index is -0.632. The third kappa shape index (κ3) is 2.89. The molecular formula is C13H16N4O. The van der Waals surface area contributed by atoms with Crippen LogP contribution in [0.3, 0.4) is 0 Å². The van der Waals surface area contributed by atoms with Gasteiger partial charge >= 0.3 is 0 Å². The van der Waals surface area contributed by atoms with E-state index in [9.17, 15) is 4.79 Å². The molecule has 18 heavy (non-hydrogen) atoms. The van der Waals surface area contributed by atoms with Crippen molar-refractivity contribution in [1.82, 2.24) is 9.97 Å². The van der Waals surface area contributed by atoms with Crippen molar-refractivity contribution in [3.8, 4) is 11.1 Å². The Morgan fingerprint density at radius 3 is 2.39 bits per heavy atom. The Balaban J connectivity index is 0.00000162. The van der Waals surface area contributed by atoms with E-state index in [1.807, 2.05) is 24.3 Å². The lowest BCUT2D eigenvalue weighted by Crippen LogP contribution is -2.14. The van der Waals surface area contributed by atoms with Gasteiger partial charge in [0.05, 0.1) is 0 Å². The number of carbonyl (C=O) groups is 1. The molecule has 0 atom stereocenters. The van der Waals surface area contributed by atoms with E-state index in [1.165, 1.54) is 0 Å². The van der Waals surface area contributed by atoms with E-state index in [4.69, 9.17) is 11.5 Å². The molecule has 5 heteroatoms. The lowest BCUT2D eigenvalue weighted by Gasteiger charge is -2.03. The van der Waals surface area contributed by atoms with Gasteiger partial charge in [0, 0.05) is 24.5 Å². The monoisotopic (exact) mass is 244 g/mol. The first-order valence-corrected chi connectivity index (χ1v) is 5.12. The molecule has 94 valence electrons.